The van der Waals surface area contributed by atoms with Crippen LogP contribution in [0, 0.1) is 5.92 Å². The maximum Gasteiger partial charge on any atom is 0.152 e. The Morgan fingerprint density at radius 3 is 2.61 bits per heavy atom. The van der Waals surface area contributed by atoms with E-state index in [1.165, 1.54) is 12.8 Å². The maximum absolute atomic E-state index is 11.8. The largest absolute Gasteiger partial charge is 0.311 e. The first-order chi connectivity index (χ1) is 8.40. The zero-order chi connectivity index (χ0) is 13.0. The molecule has 3 unspecified atom stereocenters. The molecule has 5 heteroatoms. The van der Waals surface area contributed by atoms with Crippen molar-refractivity contribution in [3.63, 3.8) is 0 Å². The first-order valence-electron chi connectivity index (χ1n) is 7.10. The molecular formula is C13H24N2O2S. The second kappa shape index (κ2) is 4.18. The summed E-state index contributed by atoms with van der Waals surface area (Å²) in [7, 11) is -2.81. The molecule has 1 N–H and O–H groups in total. The van der Waals surface area contributed by atoms with Crippen molar-refractivity contribution in [1.29, 1.82) is 0 Å². The quantitative estimate of drug-likeness (QED) is 0.801. The summed E-state index contributed by atoms with van der Waals surface area (Å²) in [6.45, 7) is 6.38. The molecule has 0 bridgehead atoms. The average molecular weight is 272 g/mol. The summed E-state index contributed by atoms with van der Waals surface area (Å²) in [6, 6.07) is 1.03. The standard InChI is InChI=1S/C13H24N2O2S/c1-10-7-14-12(11-3-4-11)8-15(10)13(2)5-6-18(16,17)9-13/h10-12,14H,3-9H2,1-2H3. The van der Waals surface area contributed by atoms with Gasteiger partial charge in [-0.05, 0) is 39.0 Å². The van der Waals surface area contributed by atoms with Crippen LogP contribution in [-0.2, 0) is 9.84 Å². The van der Waals surface area contributed by atoms with Crippen LogP contribution in [0.15, 0.2) is 0 Å². The highest BCUT2D eigenvalue weighted by molar-refractivity contribution is 7.91. The van der Waals surface area contributed by atoms with E-state index in [-0.39, 0.29) is 5.54 Å². The van der Waals surface area contributed by atoms with Crippen LogP contribution in [0.3, 0.4) is 0 Å². The summed E-state index contributed by atoms with van der Waals surface area (Å²) in [6.07, 6.45) is 3.49. The van der Waals surface area contributed by atoms with Crippen molar-refractivity contribution in [2.45, 2.75) is 50.7 Å². The molecule has 3 fully saturated rings. The van der Waals surface area contributed by atoms with Gasteiger partial charge in [-0.3, -0.25) is 4.90 Å². The minimum absolute atomic E-state index is 0.131. The normalized spacial score (nSPS) is 45.2. The van der Waals surface area contributed by atoms with Gasteiger partial charge in [-0.1, -0.05) is 0 Å². The summed E-state index contributed by atoms with van der Waals surface area (Å²) >= 11 is 0. The van der Waals surface area contributed by atoms with Crippen molar-refractivity contribution in [2.24, 2.45) is 5.92 Å². The minimum atomic E-state index is -2.81. The van der Waals surface area contributed by atoms with E-state index < -0.39 is 9.84 Å². The van der Waals surface area contributed by atoms with Crippen molar-refractivity contribution in [3.05, 3.63) is 0 Å². The smallest absolute Gasteiger partial charge is 0.152 e. The summed E-state index contributed by atoms with van der Waals surface area (Å²) in [5.41, 5.74) is -0.131. The minimum Gasteiger partial charge on any atom is -0.311 e. The van der Waals surface area contributed by atoms with Crippen molar-refractivity contribution >= 4 is 9.84 Å². The van der Waals surface area contributed by atoms with Crippen molar-refractivity contribution in [1.82, 2.24) is 10.2 Å². The van der Waals surface area contributed by atoms with Gasteiger partial charge in [0, 0.05) is 30.7 Å². The van der Waals surface area contributed by atoms with E-state index in [1.54, 1.807) is 0 Å². The third kappa shape index (κ3) is 2.32. The predicted octanol–water partition coefficient (Wildman–Crippen LogP) is 0.636. The fourth-order valence-electron chi connectivity index (χ4n) is 3.68. The Kier molecular flexibility index (Phi) is 2.99. The van der Waals surface area contributed by atoms with Gasteiger partial charge in [-0.15, -0.1) is 0 Å². The molecule has 0 amide bonds. The van der Waals surface area contributed by atoms with Crippen LogP contribution in [-0.4, -0.2) is 55.5 Å². The molecule has 1 aliphatic carbocycles. The molecule has 0 radical (unpaired) electrons. The summed E-state index contributed by atoms with van der Waals surface area (Å²) in [5, 5.41) is 3.63. The lowest BCUT2D eigenvalue weighted by molar-refractivity contribution is 0.0385. The molecular weight excluding hydrogens is 248 g/mol. The van der Waals surface area contributed by atoms with E-state index in [4.69, 9.17) is 0 Å². The zero-order valence-electron chi connectivity index (χ0n) is 11.4. The molecule has 3 aliphatic rings. The number of nitrogens with zero attached hydrogens (tertiary/aromatic N) is 1. The Bertz CT molecular complexity index is 432. The SMILES string of the molecule is CC1CNC(C2CC2)CN1C1(C)CCS(=O)(=O)C1. The van der Waals surface area contributed by atoms with Crippen LogP contribution < -0.4 is 5.32 Å². The van der Waals surface area contributed by atoms with Crippen molar-refractivity contribution < 1.29 is 8.42 Å². The first kappa shape index (κ1) is 12.9. The fourth-order valence-corrected chi connectivity index (χ4v) is 5.83. The topological polar surface area (TPSA) is 49.4 Å². The molecule has 0 aromatic heterocycles. The Balaban J connectivity index is 1.76. The predicted molar refractivity (Wildman–Crippen MR) is 72.4 cm³/mol. The van der Waals surface area contributed by atoms with Gasteiger partial charge in [0.1, 0.15) is 0 Å². The lowest BCUT2D eigenvalue weighted by atomic mass is 9.93. The highest BCUT2D eigenvalue weighted by atomic mass is 32.2. The van der Waals surface area contributed by atoms with Gasteiger partial charge in [-0.25, -0.2) is 8.42 Å². The van der Waals surface area contributed by atoms with Gasteiger partial charge in [-0.2, -0.15) is 0 Å². The molecule has 3 atom stereocenters. The molecule has 2 aliphatic heterocycles. The lowest BCUT2D eigenvalue weighted by Gasteiger charge is -2.47. The summed E-state index contributed by atoms with van der Waals surface area (Å²) in [5.74, 6) is 1.55. The molecule has 2 heterocycles. The zero-order valence-corrected chi connectivity index (χ0v) is 12.2. The van der Waals surface area contributed by atoms with E-state index in [0.717, 1.165) is 25.4 Å². The first-order valence-corrected chi connectivity index (χ1v) is 8.92. The van der Waals surface area contributed by atoms with E-state index >= 15 is 0 Å². The van der Waals surface area contributed by atoms with Gasteiger partial charge < -0.3 is 5.32 Å². The number of sulfone groups is 1. The Morgan fingerprint density at radius 2 is 2.06 bits per heavy atom. The fraction of sp³-hybridized carbons (Fsp3) is 1.00. The summed E-state index contributed by atoms with van der Waals surface area (Å²) in [4.78, 5) is 2.47. The van der Waals surface area contributed by atoms with Crippen molar-refractivity contribution in [3.8, 4) is 0 Å². The molecule has 18 heavy (non-hydrogen) atoms. The van der Waals surface area contributed by atoms with E-state index in [2.05, 4.69) is 24.1 Å². The van der Waals surface area contributed by atoms with Gasteiger partial charge in [0.05, 0.1) is 11.5 Å². The molecule has 3 rings (SSSR count). The van der Waals surface area contributed by atoms with E-state index in [0.29, 0.717) is 23.6 Å². The number of piperazine rings is 1. The number of hydrogen-bond donors (Lipinski definition) is 1. The lowest BCUT2D eigenvalue weighted by Crippen LogP contribution is -2.63. The van der Waals surface area contributed by atoms with Crippen LogP contribution >= 0.6 is 0 Å². The highest BCUT2D eigenvalue weighted by Gasteiger charge is 2.47. The van der Waals surface area contributed by atoms with Gasteiger partial charge in [0.25, 0.3) is 0 Å². The molecule has 104 valence electrons. The van der Waals surface area contributed by atoms with Gasteiger partial charge in [0.2, 0.25) is 0 Å². The van der Waals surface area contributed by atoms with Crippen LogP contribution in [0.4, 0.5) is 0 Å². The molecule has 0 spiro atoms. The Hall–Kier alpha value is -0.130. The molecule has 0 aromatic rings. The van der Waals surface area contributed by atoms with Crippen LogP contribution in [0.2, 0.25) is 0 Å². The Labute approximate surface area is 110 Å². The average Bonchev–Trinajstić information content (AvgIpc) is 3.07. The maximum atomic E-state index is 11.8. The monoisotopic (exact) mass is 272 g/mol. The number of nitrogens with one attached hydrogen (secondary N) is 1. The number of hydrogen-bond acceptors (Lipinski definition) is 4. The van der Waals surface area contributed by atoms with Crippen LogP contribution in [0.25, 0.3) is 0 Å². The van der Waals surface area contributed by atoms with Crippen LogP contribution in [0.1, 0.15) is 33.1 Å². The molecule has 1 saturated carbocycles. The van der Waals surface area contributed by atoms with Gasteiger partial charge in [0.15, 0.2) is 9.84 Å². The second-order valence-corrected chi connectivity index (χ2v) is 8.88. The van der Waals surface area contributed by atoms with Crippen molar-refractivity contribution in [2.75, 3.05) is 24.6 Å². The molecule has 0 aromatic carbocycles. The van der Waals surface area contributed by atoms with E-state index in [9.17, 15) is 8.42 Å². The molecule has 2 saturated heterocycles. The third-order valence-electron chi connectivity index (χ3n) is 4.97. The third-order valence-corrected chi connectivity index (χ3v) is 6.86. The number of rotatable bonds is 2. The second-order valence-electron chi connectivity index (χ2n) is 6.69. The Morgan fingerprint density at radius 1 is 1.33 bits per heavy atom. The van der Waals surface area contributed by atoms with E-state index in [1.807, 2.05) is 0 Å². The van der Waals surface area contributed by atoms with Gasteiger partial charge >= 0.3 is 0 Å². The van der Waals surface area contributed by atoms with Crippen LogP contribution in [0.5, 0.6) is 0 Å². The summed E-state index contributed by atoms with van der Waals surface area (Å²) < 4.78 is 23.6. The highest BCUT2D eigenvalue weighted by Crippen LogP contribution is 2.38. The molecule has 4 nitrogen and oxygen atoms in total.